The first-order valence-corrected chi connectivity index (χ1v) is 10.1. The van der Waals surface area contributed by atoms with Crippen LogP contribution in [-0.2, 0) is 4.79 Å². The van der Waals surface area contributed by atoms with Crippen molar-refractivity contribution in [2.24, 2.45) is 11.8 Å². The van der Waals surface area contributed by atoms with Gasteiger partial charge in [0.1, 0.15) is 11.4 Å². The lowest BCUT2D eigenvalue weighted by atomic mass is 9.88. The molecule has 0 aromatic carbocycles. The molecule has 1 saturated carbocycles. The average molecular weight is 383 g/mol. The van der Waals surface area contributed by atoms with Gasteiger partial charge in [-0.1, -0.05) is 50.6 Å². The molecule has 4 nitrogen and oxygen atoms in total. The van der Waals surface area contributed by atoms with Gasteiger partial charge in [0, 0.05) is 12.8 Å². The molecular formula is C22H35FO4. The second kappa shape index (κ2) is 12.1. The molecule has 0 aromatic rings. The lowest BCUT2D eigenvalue weighted by molar-refractivity contribution is -0.137. The SMILES string of the molecule is C=C(F)C(O)(CC=C[C@H]1CC[C@H](O)[C@@H]1CC=CCCCC(=O)O)CCCC. The number of unbranched alkanes of at least 4 members (excludes halogenated alkanes) is 2. The topological polar surface area (TPSA) is 77.8 Å². The zero-order valence-electron chi connectivity index (χ0n) is 16.4. The third-order valence-corrected chi connectivity index (χ3v) is 5.46. The molecule has 1 unspecified atom stereocenters. The Labute approximate surface area is 162 Å². The van der Waals surface area contributed by atoms with Gasteiger partial charge in [-0.25, -0.2) is 4.39 Å². The van der Waals surface area contributed by atoms with Gasteiger partial charge < -0.3 is 15.3 Å². The van der Waals surface area contributed by atoms with Crippen molar-refractivity contribution in [2.45, 2.75) is 82.8 Å². The number of aliphatic hydroxyl groups excluding tert-OH is 1. The van der Waals surface area contributed by atoms with E-state index in [2.05, 4.69) is 6.58 Å². The normalized spacial score (nSPS) is 25.3. The van der Waals surface area contributed by atoms with Crippen molar-refractivity contribution < 1.29 is 24.5 Å². The molecule has 0 spiro atoms. The molecule has 1 aliphatic rings. The highest BCUT2D eigenvalue weighted by Gasteiger charge is 2.33. The number of carboxylic acids is 1. The molecule has 4 atom stereocenters. The van der Waals surface area contributed by atoms with Gasteiger partial charge in [0.2, 0.25) is 0 Å². The highest BCUT2D eigenvalue weighted by molar-refractivity contribution is 5.66. The number of aliphatic carboxylic acids is 1. The van der Waals surface area contributed by atoms with Gasteiger partial charge in [0.25, 0.3) is 0 Å². The molecule has 1 rings (SSSR count). The van der Waals surface area contributed by atoms with Crippen molar-refractivity contribution in [3.8, 4) is 0 Å². The monoisotopic (exact) mass is 382 g/mol. The Balaban J connectivity index is 2.54. The predicted molar refractivity (Wildman–Crippen MR) is 106 cm³/mol. The Hall–Kier alpha value is -1.46. The van der Waals surface area contributed by atoms with Crippen LogP contribution >= 0.6 is 0 Å². The second-order valence-electron chi connectivity index (χ2n) is 7.64. The molecule has 1 fully saturated rings. The molecule has 5 heteroatoms. The lowest BCUT2D eigenvalue weighted by Gasteiger charge is -2.25. The number of carboxylic acid groups (broad SMARTS) is 1. The van der Waals surface area contributed by atoms with Crippen LogP contribution in [0.25, 0.3) is 0 Å². The van der Waals surface area contributed by atoms with Crippen LogP contribution < -0.4 is 0 Å². The van der Waals surface area contributed by atoms with Crippen LogP contribution in [0, 0.1) is 11.8 Å². The minimum atomic E-state index is -1.50. The van der Waals surface area contributed by atoms with Gasteiger partial charge in [-0.15, -0.1) is 0 Å². The average Bonchev–Trinajstić information content (AvgIpc) is 2.96. The maximum atomic E-state index is 13.7. The Morgan fingerprint density at radius 2 is 2.00 bits per heavy atom. The smallest absolute Gasteiger partial charge is 0.303 e. The number of allylic oxidation sites excluding steroid dienone is 3. The van der Waals surface area contributed by atoms with Crippen LogP contribution in [-0.4, -0.2) is 33.0 Å². The summed E-state index contributed by atoms with van der Waals surface area (Å²) in [7, 11) is 0. The first-order chi connectivity index (χ1) is 12.8. The third kappa shape index (κ3) is 8.39. The number of hydrogen-bond donors (Lipinski definition) is 3. The van der Waals surface area contributed by atoms with E-state index in [-0.39, 0.29) is 30.8 Å². The zero-order chi connectivity index (χ0) is 20.3. The summed E-state index contributed by atoms with van der Waals surface area (Å²) in [5.74, 6) is -1.16. The summed E-state index contributed by atoms with van der Waals surface area (Å²) >= 11 is 0. The number of hydrogen-bond acceptors (Lipinski definition) is 3. The number of rotatable bonds is 13. The van der Waals surface area contributed by atoms with Gasteiger partial charge in [-0.2, -0.15) is 0 Å². The van der Waals surface area contributed by atoms with Crippen molar-refractivity contribution in [2.75, 3.05) is 0 Å². The Morgan fingerprint density at radius 1 is 1.26 bits per heavy atom. The minimum Gasteiger partial charge on any atom is -0.481 e. The maximum Gasteiger partial charge on any atom is 0.303 e. The van der Waals surface area contributed by atoms with E-state index in [4.69, 9.17) is 5.11 Å². The highest BCUT2D eigenvalue weighted by Crippen LogP contribution is 2.36. The van der Waals surface area contributed by atoms with Crippen molar-refractivity contribution in [1.82, 2.24) is 0 Å². The standard InChI is InChI=1S/C22H35FO4/c1-3-4-15-22(27,17(2)23)16-9-10-18-13-14-20(24)19(18)11-7-5-6-8-12-21(25)26/h5,7,9-10,18-20,24,27H,2-4,6,8,11-16H2,1H3,(H,25,26)/t18-,19+,20-,22?/m0/s1. The quantitative estimate of drug-likeness (QED) is 0.312. The summed E-state index contributed by atoms with van der Waals surface area (Å²) in [6.07, 6.45) is 13.5. The van der Waals surface area contributed by atoms with Crippen molar-refractivity contribution in [3.05, 3.63) is 36.7 Å². The number of carbonyl (C=O) groups is 1. The molecule has 0 aromatic heterocycles. The van der Waals surface area contributed by atoms with E-state index in [0.29, 0.717) is 12.8 Å². The first-order valence-electron chi connectivity index (χ1n) is 10.1. The molecule has 0 bridgehead atoms. The molecule has 0 radical (unpaired) electrons. The van der Waals surface area contributed by atoms with Crippen LogP contribution in [0.15, 0.2) is 36.7 Å². The molecule has 3 N–H and O–H groups in total. The summed E-state index contributed by atoms with van der Waals surface area (Å²) < 4.78 is 13.7. The van der Waals surface area contributed by atoms with Gasteiger partial charge in [0.15, 0.2) is 0 Å². The van der Waals surface area contributed by atoms with Crippen LogP contribution in [0.5, 0.6) is 0 Å². The molecule has 0 saturated heterocycles. The fourth-order valence-electron chi connectivity index (χ4n) is 3.65. The van der Waals surface area contributed by atoms with Crippen LogP contribution in [0.3, 0.4) is 0 Å². The first kappa shape index (κ1) is 23.6. The fraction of sp³-hybridized carbons (Fsp3) is 0.682. The Kier molecular flexibility index (Phi) is 10.6. The maximum absolute atomic E-state index is 13.7. The molecule has 0 aliphatic heterocycles. The van der Waals surface area contributed by atoms with Crippen LogP contribution in [0.1, 0.15) is 71.1 Å². The lowest BCUT2D eigenvalue weighted by Crippen LogP contribution is -2.28. The van der Waals surface area contributed by atoms with E-state index in [9.17, 15) is 19.4 Å². The van der Waals surface area contributed by atoms with Crippen LogP contribution in [0.4, 0.5) is 4.39 Å². The largest absolute Gasteiger partial charge is 0.481 e. The third-order valence-electron chi connectivity index (χ3n) is 5.46. The van der Waals surface area contributed by atoms with E-state index < -0.39 is 17.4 Å². The van der Waals surface area contributed by atoms with Gasteiger partial charge >= 0.3 is 5.97 Å². The molecule has 0 amide bonds. The zero-order valence-corrected chi connectivity index (χ0v) is 16.4. The van der Waals surface area contributed by atoms with E-state index in [0.717, 1.165) is 38.5 Å². The van der Waals surface area contributed by atoms with Crippen molar-refractivity contribution in [1.29, 1.82) is 0 Å². The summed E-state index contributed by atoms with van der Waals surface area (Å²) in [5.41, 5.74) is -1.50. The summed E-state index contributed by atoms with van der Waals surface area (Å²) in [6.45, 7) is 5.29. The second-order valence-corrected chi connectivity index (χ2v) is 7.64. The Bertz CT molecular complexity index is 528. The molecular weight excluding hydrogens is 347 g/mol. The Morgan fingerprint density at radius 3 is 2.63 bits per heavy atom. The van der Waals surface area contributed by atoms with E-state index in [1.54, 1.807) is 0 Å². The summed E-state index contributed by atoms with van der Waals surface area (Å²) in [5, 5.41) is 29.3. The van der Waals surface area contributed by atoms with Crippen LogP contribution in [0.2, 0.25) is 0 Å². The van der Waals surface area contributed by atoms with Crippen molar-refractivity contribution in [3.63, 3.8) is 0 Å². The van der Waals surface area contributed by atoms with Gasteiger partial charge in [-0.05, 0) is 50.4 Å². The van der Waals surface area contributed by atoms with Gasteiger partial charge in [-0.3, -0.25) is 4.79 Å². The molecule has 27 heavy (non-hydrogen) atoms. The minimum absolute atomic E-state index is 0.106. The van der Waals surface area contributed by atoms with Gasteiger partial charge in [0.05, 0.1) is 6.10 Å². The van der Waals surface area contributed by atoms with E-state index >= 15 is 0 Å². The predicted octanol–water partition coefficient (Wildman–Crippen LogP) is 4.93. The van der Waals surface area contributed by atoms with E-state index in [1.807, 2.05) is 31.2 Å². The molecule has 1 aliphatic carbocycles. The molecule has 0 heterocycles. The van der Waals surface area contributed by atoms with E-state index in [1.165, 1.54) is 0 Å². The van der Waals surface area contributed by atoms with Crippen molar-refractivity contribution >= 4 is 5.97 Å². The molecule has 154 valence electrons. The fourth-order valence-corrected chi connectivity index (χ4v) is 3.65. The summed E-state index contributed by atoms with van der Waals surface area (Å²) in [4.78, 5) is 10.5. The summed E-state index contributed by atoms with van der Waals surface area (Å²) in [6, 6.07) is 0. The number of aliphatic hydroxyl groups is 2. The number of halogens is 1. The highest BCUT2D eigenvalue weighted by atomic mass is 19.1.